The molecule has 1 heterocycles. The number of rotatable bonds is 6. The third kappa shape index (κ3) is 5.29. The molecule has 0 radical (unpaired) electrons. The van der Waals surface area contributed by atoms with Crippen LogP contribution >= 0.6 is 0 Å². The van der Waals surface area contributed by atoms with Crippen LogP contribution in [0.2, 0.25) is 0 Å². The molecule has 0 atom stereocenters. The van der Waals surface area contributed by atoms with Crippen LogP contribution in [0.1, 0.15) is 29.8 Å². The van der Waals surface area contributed by atoms with Crippen molar-refractivity contribution in [3.8, 4) is 0 Å². The number of aliphatic hydroxyl groups is 1. The first-order chi connectivity index (χ1) is 12.2. The third-order valence-electron chi connectivity index (χ3n) is 3.74. The molecule has 2 amide bonds. The highest BCUT2D eigenvalue weighted by Crippen LogP contribution is 2.11. The number of anilines is 1. The van der Waals surface area contributed by atoms with Crippen LogP contribution in [-0.4, -0.2) is 33.6 Å². The van der Waals surface area contributed by atoms with Gasteiger partial charge in [0.2, 0.25) is 5.91 Å². The molecule has 0 aliphatic rings. The number of aliphatic hydroxyl groups excluding tert-OH is 1. The Bertz CT molecular complexity index is 854. The summed E-state index contributed by atoms with van der Waals surface area (Å²) >= 11 is 0. The van der Waals surface area contributed by atoms with Crippen molar-refractivity contribution in [3.63, 3.8) is 0 Å². The van der Waals surface area contributed by atoms with Crippen LogP contribution in [-0.2, 0) is 11.3 Å². The van der Waals surface area contributed by atoms with Crippen molar-refractivity contribution in [2.75, 3.05) is 11.9 Å². The minimum atomic E-state index is -0.717. The van der Waals surface area contributed by atoms with Crippen molar-refractivity contribution in [1.82, 2.24) is 9.88 Å². The van der Waals surface area contributed by atoms with E-state index in [1.807, 2.05) is 6.92 Å². The van der Waals surface area contributed by atoms with Crippen LogP contribution in [0.15, 0.2) is 47.4 Å². The second kappa shape index (κ2) is 7.97. The van der Waals surface area contributed by atoms with Gasteiger partial charge in [0.25, 0.3) is 11.5 Å². The highest BCUT2D eigenvalue weighted by atomic mass is 16.3. The largest absolute Gasteiger partial charge is 0.394 e. The first kappa shape index (κ1) is 19.4. The van der Waals surface area contributed by atoms with E-state index in [4.69, 9.17) is 0 Å². The number of carbonyl (C=O) groups is 2. The highest BCUT2D eigenvalue weighted by Gasteiger charge is 2.19. The van der Waals surface area contributed by atoms with Crippen LogP contribution in [0.5, 0.6) is 0 Å². The molecule has 7 nitrogen and oxygen atoms in total. The molecule has 0 unspecified atom stereocenters. The Hall–Kier alpha value is -2.93. The number of hydrogen-bond acceptors (Lipinski definition) is 4. The van der Waals surface area contributed by atoms with Crippen LogP contribution < -0.4 is 16.2 Å². The van der Waals surface area contributed by atoms with Crippen molar-refractivity contribution in [3.05, 3.63) is 64.1 Å². The molecule has 0 saturated heterocycles. The smallest absolute Gasteiger partial charge is 0.251 e. The molecule has 0 aliphatic heterocycles. The Morgan fingerprint density at radius 3 is 2.38 bits per heavy atom. The molecule has 0 saturated carbocycles. The number of carbonyl (C=O) groups excluding carboxylic acids is 2. The van der Waals surface area contributed by atoms with Crippen molar-refractivity contribution < 1.29 is 14.7 Å². The van der Waals surface area contributed by atoms with E-state index in [1.165, 1.54) is 10.6 Å². The summed E-state index contributed by atoms with van der Waals surface area (Å²) in [6.45, 7) is 4.97. The summed E-state index contributed by atoms with van der Waals surface area (Å²) in [5, 5.41) is 14.6. The Balaban J connectivity index is 1.99. The number of nitrogens with one attached hydrogen (secondary N) is 2. The number of aromatic nitrogens is 1. The molecule has 7 heteroatoms. The fourth-order valence-corrected chi connectivity index (χ4v) is 2.22. The fourth-order valence-electron chi connectivity index (χ4n) is 2.22. The number of amides is 2. The molecule has 138 valence electrons. The minimum Gasteiger partial charge on any atom is -0.394 e. The number of aryl methyl sites for hydroxylation is 1. The van der Waals surface area contributed by atoms with E-state index in [1.54, 1.807) is 50.4 Å². The van der Waals surface area contributed by atoms with Crippen LogP contribution in [0.3, 0.4) is 0 Å². The second-order valence-corrected chi connectivity index (χ2v) is 6.79. The first-order valence-corrected chi connectivity index (χ1v) is 8.20. The lowest BCUT2D eigenvalue weighted by Crippen LogP contribution is -2.46. The lowest BCUT2D eigenvalue weighted by molar-refractivity contribution is -0.116. The predicted molar refractivity (Wildman–Crippen MR) is 99.1 cm³/mol. The van der Waals surface area contributed by atoms with Crippen LogP contribution in [0.25, 0.3) is 0 Å². The lowest BCUT2D eigenvalue weighted by atomic mass is 10.1. The third-order valence-corrected chi connectivity index (χ3v) is 3.74. The van der Waals surface area contributed by atoms with Gasteiger partial charge < -0.3 is 20.3 Å². The zero-order chi connectivity index (χ0) is 19.3. The molecule has 2 rings (SSSR count). The summed E-state index contributed by atoms with van der Waals surface area (Å²) in [6.07, 6.45) is 1.58. The maximum absolute atomic E-state index is 12.1. The normalized spacial score (nSPS) is 11.1. The lowest BCUT2D eigenvalue weighted by Gasteiger charge is -2.23. The molecule has 2 aromatic rings. The Kier molecular flexibility index (Phi) is 5.94. The Morgan fingerprint density at radius 1 is 1.15 bits per heavy atom. The molecule has 0 fully saturated rings. The molecule has 1 aromatic carbocycles. The molecule has 1 aromatic heterocycles. The molecule has 0 bridgehead atoms. The number of nitrogens with zero attached hydrogens (tertiary/aromatic N) is 1. The molecular weight excluding hydrogens is 334 g/mol. The van der Waals surface area contributed by atoms with Gasteiger partial charge in [-0.3, -0.25) is 14.4 Å². The second-order valence-electron chi connectivity index (χ2n) is 6.79. The number of benzene rings is 1. The SMILES string of the molecule is Cc1ccn(CC(=O)Nc2ccc(C(=O)NC(C)(C)CO)cc2)c(=O)c1. The van der Waals surface area contributed by atoms with Crippen molar-refractivity contribution >= 4 is 17.5 Å². The molecule has 3 N–H and O–H groups in total. The summed E-state index contributed by atoms with van der Waals surface area (Å²) in [5.41, 5.74) is 0.821. The Morgan fingerprint density at radius 2 is 1.81 bits per heavy atom. The molecule has 0 aliphatic carbocycles. The first-order valence-electron chi connectivity index (χ1n) is 8.20. The van der Waals surface area contributed by atoms with E-state index in [0.717, 1.165) is 5.56 Å². The van der Waals surface area contributed by atoms with Gasteiger partial charge in [-0.15, -0.1) is 0 Å². The van der Waals surface area contributed by atoms with E-state index < -0.39 is 5.54 Å². The van der Waals surface area contributed by atoms with Gasteiger partial charge in [-0.1, -0.05) is 0 Å². The quantitative estimate of drug-likeness (QED) is 0.725. The summed E-state index contributed by atoms with van der Waals surface area (Å²) in [4.78, 5) is 36.0. The topological polar surface area (TPSA) is 100 Å². The van der Waals surface area contributed by atoms with Crippen molar-refractivity contribution in [2.24, 2.45) is 0 Å². The number of pyridine rings is 1. The van der Waals surface area contributed by atoms with Crippen molar-refractivity contribution in [1.29, 1.82) is 0 Å². The molecular formula is C19H23N3O4. The zero-order valence-corrected chi connectivity index (χ0v) is 15.1. The van der Waals surface area contributed by atoms with Crippen LogP contribution in [0, 0.1) is 6.92 Å². The summed E-state index contributed by atoms with van der Waals surface area (Å²) in [5.74, 6) is -0.650. The average Bonchev–Trinajstić information content (AvgIpc) is 2.57. The van der Waals surface area contributed by atoms with E-state index in [9.17, 15) is 19.5 Å². The maximum atomic E-state index is 12.1. The van der Waals surface area contributed by atoms with E-state index in [2.05, 4.69) is 10.6 Å². The fraction of sp³-hybridized carbons (Fsp3) is 0.316. The van der Waals surface area contributed by atoms with Gasteiger partial charge in [-0.05, 0) is 56.7 Å². The van der Waals surface area contributed by atoms with Gasteiger partial charge in [0.1, 0.15) is 6.54 Å². The van der Waals surface area contributed by atoms with Gasteiger partial charge in [0.05, 0.1) is 12.1 Å². The van der Waals surface area contributed by atoms with Gasteiger partial charge >= 0.3 is 0 Å². The van der Waals surface area contributed by atoms with Gasteiger partial charge in [-0.25, -0.2) is 0 Å². The van der Waals surface area contributed by atoms with Gasteiger partial charge in [0.15, 0.2) is 0 Å². The minimum absolute atomic E-state index is 0.0912. The zero-order valence-electron chi connectivity index (χ0n) is 15.1. The predicted octanol–water partition coefficient (Wildman–Crippen LogP) is 1.30. The maximum Gasteiger partial charge on any atom is 0.251 e. The standard InChI is InChI=1S/C19H23N3O4/c1-13-8-9-22(17(25)10-13)11-16(24)20-15-6-4-14(5-7-15)18(26)21-19(2,3)12-23/h4-10,23H,11-12H2,1-3H3,(H,20,24)(H,21,26). The number of hydrogen-bond donors (Lipinski definition) is 3. The highest BCUT2D eigenvalue weighted by molar-refractivity contribution is 5.96. The van der Waals surface area contributed by atoms with E-state index >= 15 is 0 Å². The molecule has 26 heavy (non-hydrogen) atoms. The summed E-state index contributed by atoms with van der Waals surface area (Å²) in [6, 6.07) is 9.60. The molecule has 0 spiro atoms. The van der Waals surface area contributed by atoms with E-state index in [0.29, 0.717) is 11.3 Å². The summed E-state index contributed by atoms with van der Waals surface area (Å²) in [7, 11) is 0. The van der Waals surface area contributed by atoms with Gasteiger partial charge in [-0.2, -0.15) is 0 Å². The average molecular weight is 357 g/mol. The monoisotopic (exact) mass is 357 g/mol. The van der Waals surface area contributed by atoms with E-state index in [-0.39, 0.29) is 30.5 Å². The van der Waals surface area contributed by atoms with Crippen LogP contribution in [0.4, 0.5) is 5.69 Å². The Labute approximate surface area is 151 Å². The van der Waals surface area contributed by atoms with Crippen molar-refractivity contribution in [2.45, 2.75) is 32.9 Å². The van der Waals surface area contributed by atoms with Gasteiger partial charge in [0, 0.05) is 23.5 Å². The summed E-state index contributed by atoms with van der Waals surface area (Å²) < 4.78 is 1.32.